The summed E-state index contributed by atoms with van der Waals surface area (Å²) in [5.74, 6) is 2.14. The Hall–Kier alpha value is -2.05. The van der Waals surface area contributed by atoms with Gasteiger partial charge in [-0.3, -0.25) is 0 Å². The number of pyridine rings is 1. The molecule has 2 aromatic rings. The molecule has 0 spiro atoms. The molecule has 0 atom stereocenters. The van der Waals surface area contributed by atoms with Gasteiger partial charge in [0, 0.05) is 50.6 Å². The van der Waals surface area contributed by atoms with Gasteiger partial charge >= 0.3 is 6.18 Å². The number of aromatic nitrogens is 3. The van der Waals surface area contributed by atoms with Crippen LogP contribution in [0.4, 0.5) is 19.0 Å². The van der Waals surface area contributed by atoms with Gasteiger partial charge in [-0.15, -0.1) is 0 Å². The van der Waals surface area contributed by atoms with E-state index in [1.54, 1.807) is 6.20 Å². The predicted octanol–water partition coefficient (Wildman–Crippen LogP) is 3.00. The lowest BCUT2D eigenvalue weighted by molar-refractivity contribution is -0.137. The molecule has 3 rings (SSSR count). The molecule has 0 unspecified atom stereocenters. The Bertz CT molecular complexity index is 627. The number of aryl methyl sites for hydroxylation is 1. The topological polar surface area (TPSA) is 34.0 Å². The van der Waals surface area contributed by atoms with Crippen molar-refractivity contribution in [3.63, 3.8) is 0 Å². The fraction of sp³-hybridized carbons (Fsp3) is 0.467. The minimum absolute atomic E-state index is 0.476. The van der Waals surface area contributed by atoms with Crippen LogP contribution in [-0.2, 0) is 19.1 Å². The molecule has 0 amide bonds. The average Bonchev–Trinajstić information content (AvgIpc) is 2.89. The molecule has 7 heteroatoms. The minimum Gasteiger partial charge on any atom is -0.356 e. The Balaban J connectivity index is 1.57. The second kappa shape index (κ2) is 5.62. The van der Waals surface area contributed by atoms with E-state index in [-0.39, 0.29) is 0 Å². The smallest absolute Gasteiger partial charge is 0.356 e. The summed E-state index contributed by atoms with van der Waals surface area (Å²) in [6.07, 6.45) is 1.23. The van der Waals surface area contributed by atoms with Crippen LogP contribution in [0.15, 0.2) is 30.7 Å². The summed E-state index contributed by atoms with van der Waals surface area (Å²) in [5, 5.41) is 0. The average molecular weight is 310 g/mol. The molecule has 1 saturated heterocycles. The number of nitrogens with zero attached hydrogens (tertiary/aromatic N) is 4. The van der Waals surface area contributed by atoms with Crippen molar-refractivity contribution >= 4 is 5.82 Å². The molecule has 22 heavy (non-hydrogen) atoms. The Kier molecular flexibility index (Phi) is 3.80. The molecule has 4 nitrogen and oxygen atoms in total. The van der Waals surface area contributed by atoms with Crippen LogP contribution in [-0.4, -0.2) is 27.6 Å². The third kappa shape index (κ3) is 2.93. The molecular weight excluding hydrogens is 293 g/mol. The lowest BCUT2D eigenvalue weighted by Crippen LogP contribution is -2.49. The molecule has 1 fully saturated rings. The second-order valence-electron chi connectivity index (χ2n) is 5.52. The van der Waals surface area contributed by atoms with Crippen molar-refractivity contribution in [3.8, 4) is 0 Å². The van der Waals surface area contributed by atoms with Crippen molar-refractivity contribution in [2.24, 2.45) is 5.92 Å². The van der Waals surface area contributed by atoms with Gasteiger partial charge in [-0.1, -0.05) is 6.92 Å². The number of imidazole rings is 1. The molecule has 1 aliphatic heterocycles. The van der Waals surface area contributed by atoms with Gasteiger partial charge in [-0.05, 0) is 12.1 Å². The summed E-state index contributed by atoms with van der Waals surface area (Å²) < 4.78 is 39.6. The van der Waals surface area contributed by atoms with Gasteiger partial charge in [0.1, 0.15) is 11.6 Å². The molecule has 2 aromatic heterocycles. The third-order valence-electron chi connectivity index (χ3n) is 3.93. The van der Waals surface area contributed by atoms with Crippen molar-refractivity contribution in [2.45, 2.75) is 26.1 Å². The van der Waals surface area contributed by atoms with E-state index in [1.807, 2.05) is 11.1 Å². The first-order valence-electron chi connectivity index (χ1n) is 7.25. The molecule has 3 heterocycles. The number of anilines is 1. The summed E-state index contributed by atoms with van der Waals surface area (Å²) in [4.78, 5) is 10.2. The number of halogens is 3. The highest BCUT2D eigenvalue weighted by atomic mass is 19.4. The number of rotatable bonds is 4. The van der Waals surface area contributed by atoms with E-state index in [4.69, 9.17) is 0 Å². The van der Waals surface area contributed by atoms with Crippen LogP contribution in [0.5, 0.6) is 0 Å². The van der Waals surface area contributed by atoms with Crippen LogP contribution in [0.2, 0.25) is 0 Å². The molecule has 0 N–H and O–H groups in total. The summed E-state index contributed by atoms with van der Waals surface area (Å²) >= 11 is 0. The molecule has 0 aliphatic carbocycles. The number of hydrogen-bond donors (Lipinski definition) is 0. The summed E-state index contributed by atoms with van der Waals surface area (Å²) in [6, 6.07) is 2.52. The van der Waals surface area contributed by atoms with E-state index >= 15 is 0 Å². The van der Waals surface area contributed by atoms with E-state index in [2.05, 4.69) is 21.5 Å². The molecule has 118 valence electrons. The maximum absolute atomic E-state index is 12.5. The Morgan fingerprint density at radius 1 is 1.23 bits per heavy atom. The molecule has 0 saturated carbocycles. The highest BCUT2D eigenvalue weighted by molar-refractivity contribution is 5.42. The zero-order valence-corrected chi connectivity index (χ0v) is 12.2. The number of hydrogen-bond acceptors (Lipinski definition) is 3. The maximum Gasteiger partial charge on any atom is 0.417 e. The summed E-state index contributed by atoms with van der Waals surface area (Å²) in [7, 11) is 0. The number of alkyl halides is 3. The monoisotopic (exact) mass is 310 g/mol. The second-order valence-corrected chi connectivity index (χ2v) is 5.52. The quantitative estimate of drug-likeness (QED) is 0.870. The van der Waals surface area contributed by atoms with Gasteiger partial charge in [0.15, 0.2) is 0 Å². The first kappa shape index (κ1) is 14.9. The normalized spacial score (nSPS) is 15.9. The first-order chi connectivity index (χ1) is 10.5. The van der Waals surface area contributed by atoms with Gasteiger partial charge in [0.05, 0.1) is 5.56 Å². The first-order valence-corrected chi connectivity index (χ1v) is 7.25. The van der Waals surface area contributed by atoms with Gasteiger partial charge < -0.3 is 9.47 Å². The maximum atomic E-state index is 12.5. The Morgan fingerprint density at radius 2 is 2.00 bits per heavy atom. The van der Waals surface area contributed by atoms with E-state index < -0.39 is 11.7 Å². The summed E-state index contributed by atoms with van der Waals surface area (Å²) in [6.45, 7) is 4.57. The van der Waals surface area contributed by atoms with Crippen LogP contribution in [0.1, 0.15) is 18.3 Å². The van der Waals surface area contributed by atoms with Gasteiger partial charge in [-0.2, -0.15) is 13.2 Å². The van der Waals surface area contributed by atoms with Crippen LogP contribution >= 0.6 is 0 Å². The van der Waals surface area contributed by atoms with E-state index in [1.165, 1.54) is 6.07 Å². The standard InChI is InChI=1S/C15H17F3N4/c1-2-13-19-5-6-21(13)8-11-9-22(10-11)14-4-3-12(7-20-14)15(16,17)18/h3-7,11H,2,8-10H2,1H3. The molecule has 0 bridgehead atoms. The fourth-order valence-electron chi connectivity index (χ4n) is 2.71. The van der Waals surface area contributed by atoms with Crippen LogP contribution in [0.3, 0.4) is 0 Å². The van der Waals surface area contributed by atoms with Crippen LogP contribution in [0, 0.1) is 5.92 Å². The predicted molar refractivity (Wildman–Crippen MR) is 76.5 cm³/mol. The van der Waals surface area contributed by atoms with E-state index in [0.717, 1.165) is 44.1 Å². The van der Waals surface area contributed by atoms with Crippen molar-refractivity contribution in [3.05, 3.63) is 42.1 Å². The lowest BCUT2D eigenvalue weighted by Gasteiger charge is -2.40. The van der Waals surface area contributed by atoms with Crippen molar-refractivity contribution in [2.75, 3.05) is 18.0 Å². The van der Waals surface area contributed by atoms with Crippen LogP contribution in [0.25, 0.3) is 0 Å². The van der Waals surface area contributed by atoms with Crippen molar-refractivity contribution < 1.29 is 13.2 Å². The minimum atomic E-state index is -4.33. The van der Waals surface area contributed by atoms with Gasteiger partial charge in [-0.25, -0.2) is 9.97 Å². The highest BCUT2D eigenvalue weighted by Crippen LogP contribution is 2.30. The van der Waals surface area contributed by atoms with Gasteiger partial charge in [0.25, 0.3) is 0 Å². The van der Waals surface area contributed by atoms with E-state index in [0.29, 0.717) is 11.7 Å². The lowest BCUT2D eigenvalue weighted by atomic mass is 10.00. The molecular formula is C15H17F3N4. The SMILES string of the molecule is CCc1nccn1CC1CN(c2ccc(C(F)(F)F)cn2)C1. The fourth-order valence-corrected chi connectivity index (χ4v) is 2.71. The molecule has 1 aliphatic rings. The van der Waals surface area contributed by atoms with E-state index in [9.17, 15) is 13.2 Å². The van der Waals surface area contributed by atoms with Crippen molar-refractivity contribution in [1.82, 2.24) is 14.5 Å². The third-order valence-corrected chi connectivity index (χ3v) is 3.93. The Morgan fingerprint density at radius 3 is 2.59 bits per heavy atom. The molecule has 0 aromatic carbocycles. The zero-order chi connectivity index (χ0) is 15.7. The van der Waals surface area contributed by atoms with Crippen molar-refractivity contribution in [1.29, 1.82) is 0 Å². The Labute approximate surface area is 126 Å². The summed E-state index contributed by atoms with van der Waals surface area (Å²) in [5.41, 5.74) is -0.709. The van der Waals surface area contributed by atoms with Gasteiger partial charge in [0.2, 0.25) is 0 Å². The highest BCUT2D eigenvalue weighted by Gasteiger charge is 2.32. The largest absolute Gasteiger partial charge is 0.417 e. The van der Waals surface area contributed by atoms with Crippen LogP contribution < -0.4 is 4.90 Å². The molecule has 0 radical (unpaired) electrons. The zero-order valence-electron chi connectivity index (χ0n) is 12.2.